The summed E-state index contributed by atoms with van der Waals surface area (Å²) >= 11 is 0. The van der Waals surface area contributed by atoms with Gasteiger partial charge in [-0.1, -0.05) is 18.2 Å². The first-order valence-corrected chi connectivity index (χ1v) is 6.75. The van der Waals surface area contributed by atoms with Crippen molar-refractivity contribution < 1.29 is 18.3 Å². The number of hydrogen-bond donors (Lipinski definition) is 2. The molecule has 0 fully saturated rings. The molecule has 17 heavy (non-hydrogen) atoms. The van der Waals surface area contributed by atoms with Gasteiger partial charge in [0.15, 0.2) is 9.84 Å². The molecule has 0 spiro atoms. The van der Waals surface area contributed by atoms with Crippen LogP contribution in [-0.2, 0) is 14.6 Å². The molecular weight excluding hydrogens is 242 g/mol. The van der Waals surface area contributed by atoms with Gasteiger partial charge in [0.1, 0.15) is 5.37 Å². The molecule has 0 aliphatic rings. The van der Waals surface area contributed by atoms with E-state index in [0.717, 1.165) is 0 Å². The predicted molar refractivity (Wildman–Crippen MR) is 63.1 cm³/mol. The number of carboxylic acid groups (broad SMARTS) is 1. The van der Waals surface area contributed by atoms with E-state index in [9.17, 15) is 13.2 Å². The molecule has 0 heterocycles. The normalized spacial score (nSPS) is 13.2. The van der Waals surface area contributed by atoms with E-state index in [2.05, 4.69) is 0 Å². The van der Waals surface area contributed by atoms with E-state index in [-0.39, 0.29) is 24.2 Å². The maximum absolute atomic E-state index is 11.9. The average Bonchev–Trinajstić information content (AvgIpc) is 2.29. The monoisotopic (exact) mass is 257 g/mol. The van der Waals surface area contributed by atoms with Gasteiger partial charge in [0.25, 0.3) is 0 Å². The molecular formula is C11H15NO4S. The van der Waals surface area contributed by atoms with Crippen molar-refractivity contribution in [3.63, 3.8) is 0 Å². The second-order valence-corrected chi connectivity index (χ2v) is 5.85. The van der Waals surface area contributed by atoms with Crippen LogP contribution in [-0.4, -0.2) is 24.9 Å². The second-order valence-electron chi connectivity index (χ2n) is 3.68. The van der Waals surface area contributed by atoms with E-state index in [1.807, 2.05) is 0 Å². The van der Waals surface area contributed by atoms with Gasteiger partial charge in [-0.25, -0.2) is 8.42 Å². The Kier molecular flexibility index (Phi) is 4.65. The van der Waals surface area contributed by atoms with Crippen LogP contribution >= 0.6 is 0 Å². The summed E-state index contributed by atoms with van der Waals surface area (Å²) < 4.78 is 23.9. The van der Waals surface area contributed by atoms with Gasteiger partial charge in [-0.3, -0.25) is 4.79 Å². The topological polar surface area (TPSA) is 97.5 Å². The van der Waals surface area contributed by atoms with Gasteiger partial charge in [0, 0.05) is 6.42 Å². The molecule has 94 valence electrons. The first-order chi connectivity index (χ1) is 7.94. The number of nitrogens with two attached hydrogens (primary N) is 1. The lowest BCUT2D eigenvalue weighted by atomic mass is 10.2. The van der Waals surface area contributed by atoms with Crippen LogP contribution in [0.4, 0.5) is 0 Å². The largest absolute Gasteiger partial charge is 0.481 e. The van der Waals surface area contributed by atoms with Gasteiger partial charge in [-0.05, 0) is 25.0 Å². The lowest BCUT2D eigenvalue weighted by Crippen LogP contribution is -2.30. The molecule has 0 aromatic heterocycles. The van der Waals surface area contributed by atoms with Crippen molar-refractivity contribution in [3.05, 3.63) is 30.3 Å². The zero-order valence-corrected chi connectivity index (χ0v) is 10.1. The maximum Gasteiger partial charge on any atom is 0.303 e. The predicted octanol–water partition coefficient (Wildman–Crippen LogP) is 1.000. The van der Waals surface area contributed by atoms with Crippen LogP contribution in [0.3, 0.4) is 0 Å². The number of carboxylic acids is 1. The number of aliphatic carboxylic acids is 1. The van der Waals surface area contributed by atoms with Gasteiger partial charge in [0.05, 0.1) is 4.90 Å². The fourth-order valence-electron chi connectivity index (χ4n) is 1.39. The van der Waals surface area contributed by atoms with Crippen molar-refractivity contribution in [3.8, 4) is 0 Å². The third-order valence-electron chi connectivity index (χ3n) is 2.35. The van der Waals surface area contributed by atoms with Gasteiger partial charge in [-0.2, -0.15) is 0 Å². The fraction of sp³-hybridized carbons (Fsp3) is 0.364. The molecule has 1 aromatic carbocycles. The van der Waals surface area contributed by atoms with Crippen molar-refractivity contribution in [1.29, 1.82) is 0 Å². The summed E-state index contributed by atoms with van der Waals surface area (Å²) in [5.74, 6) is -0.950. The highest BCUT2D eigenvalue weighted by atomic mass is 32.2. The standard InChI is InChI=1S/C11H15NO4S/c12-10(7-4-8-11(13)14)17(15,16)9-5-2-1-3-6-9/h1-3,5-6,10H,4,7-8,12H2,(H,13,14). The molecule has 1 atom stereocenters. The van der Waals surface area contributed by atoms with Crippen LogP contribution in [0, 0.1) is 0 Å². The zero-order chi connectivity index (χ0) is 12.9. The number of hydrogen-bond acceptors (Lipinski definition) is 4. The Morgan fingerprint density at radius 3 is 2.41 bits per heavy atom. The number of rotatable bonds is 6. The quantitative estimate of drug-likeness (QED) is 0.792. The molecule has 6 heteroatoms. The summed E-state index contributed by atoms with van der Waals surface area (Å²) in [6.45, 7) is 0. The zero-order valence-electron chi connectivity index (χ0n) is 9.24. The third kappa shape index (κ3) is 3.83. The van der Waals surface area contributed by atoms with Gasteiger partial charge < -0.3 is 10.8 Å². The third-order valence-corrected chi connectivity index (χ3v) is 4.31. The van der Waals surface area contributed by atoms with Crippen LogP contribution < -0.4 is 5.73 Å². The molecule has 0 radical (unpaired) electrons. The van der Waals surface area contributed by atoms with Crippen LogP contribution in [0.5, 0.6) is 0 Å². The van der Waals surface area contributed by atoms with E-state index in [4.69, 9.17) is 10.8 Å². The fourth-order valence-corrected chi connectivity index (χ4v) is 2.76. The van der Waals surface area contributed by atoms with Crippen LogP contribution in [0.1, 0.15) is 19.3 Å². The van der Waals surface area contributed by atoms with Crippen molar-refractivity contribution in [2.45, 2.75) is 29.5 Å². The summed E-state index contributed by atoms with van der Waals surface area (Å²) in [6.07, 6.45) is 0.324. The Hall–Kier alpha value is -1.40. The van der Waals surface area contributed by atoms with Gasteiger partial charge in [0.2, 0.25) is 0 Å². The van der Waals surface area contributed by atoms with E-state index in [1.165, 1.54) is 12.1 Å². The minimum atomic E-state index is -3.55. The Bertz CT molecular complexity index is 470. The first-order valence-electron chi connectivity index (χ1n) is 5.21. The van der Waals surface area contributed by atoms with E-state index >= 15 is 0 Å². The van der Waals surface area contributed by atoms with Gasteiger partial charge in [-0.15, -0.1) is 0 Å². The minimum absolute atomic E-state index is 0.0714. The van der Waals surface area contributed by atoms with Crippen LogP contribution in [0.2, 0.25) is 0 Å². The van der Waals surface area contributed by atoms with E-state index < -0.39 is 21.2 Å². The average molecular weight is 257 g/mol. The first kappa shape index (κ1) is 13.7. The lowest BCUT2D eigenvalue weighted by Gasteiger charge is -2.12. The Balaban J connectivity index is 2.68. The van der Waals surface area contributed by atoms with Crippen LogP contribution in [0.15, 0.2) is 35.2 Å². The van der Waals surface area contributed by atoms with Crippen molar-refractivity contribution in [1.82, 2.24) is 0 Å². The highest BCUT2D eigenvalue weighted by molar-refractivity contribution is 7.92. The molecule has 0 saturated carbocycles. The highest BCUT2D eigenvalue weighted by Gasteiger charge is 2.23. The van der Waals surface area contributed by atoms with Crippen molar-refractivity contribution >= 4 is 15.8 Å². The Labute approximate surface area is 100 Å². The molecule has 1 rings (SSSR count). The van der Waals surface area contributed by atoms with E-state index in [1.54, 1.807) is 18.2 Å². The molecule has 0 saturated heterocycles. The lowest BCUT2D eigenvalue weighted by molar-refractivity contribution is -0.137. The maximum atomic E-state index is 11.9. The molecule has 5 nitrogen and oxygen atoms in total. The SMILES string of the molecule is NC(CCCC(=O)O)S(=O)(=O)c1ccccc1. The van der Waals surface area contributed by atoms with E-state index in [0.29, 0.717) is 0 Å². The summed E-state index contributed by atoms with van der Waals surface area (Å²) in [6, 6.07) is 7.92. The summed E-state index contributed by atoms with van der Waals surface area (Å²) in [4.78, 5) is 10.5. The number of carbonyl (C=O) groups is 1. The Morgan fingerprint density at radius 2 is 1.88 bits per heavy atom. The molecule has 3 N–H and O–H groups in total. The van der Waals surface area contributed by atoms with Crippen molar-refractivity contribution in [2.75, 3.05) is 0 Å². The molecule has 1 aromatic rings. The minimum Gasteiger partial charge on any atom is -0.481 e. The number of sulfone groups is 1. The summed E-state index contributed by atoms with van der Waals surface area (Å²) in [5.41, 5.74) is 5.59. The Morgan fingerprint density at radius 1 is 1.29 bits per heavy atom. The number of benzene rings is 1. The summed E-state index contributed by atoms with van der Waals surface area (Å²) in [7, 11) is -3.55. The molecule has 0 aliphatic carbocycles. The molecule has 0 bridgehead atoms. The smallest absolute Gasteiger partial charge is 0.303 e. The molecule has 0 amide bonds. The van der Waals surface area contributed by atoms with Crippen molar-refractivity contribution in [2.24, 2.45) is 5.73 Å². The molecule has 1 unspecified atom stereocenters. The second kappa shape index (κ2) is 5.79. The van der Waals surface area contributed by atoms with Crippen LogP contribution in [0.25, 0.3) is 0 Å². The van der Waals surface area contributed by atoms with Gasteiger partial charge >= 0.3 is 5.97 Å². The molecule has 0 aliphatic heterocycles. The highest BCUT2D eigenvalue weighted by Crippen LogP contribution is 2.16. The summed E-state index contributed by atoms with van der Waals surface area (Å²) in [5, 5.41) is 7.40.